The van der Waals surface area contributed by atoms with Crippen LogP contribution in [-0.2, 0) is 4.74 Å². The fourth-order valence-corrected chi connectivity index (χ4v) is 1.91. The predicted molar refractivity (Wildman–Crippen MR) is 67.8 cm³/mol. The summed E-state index contributed by atoms with van der Waals surface area (Å²) in [6.45, 7) is -0.501. The molecular weight excluding hydrogens is 286 g/mol. The van der Waals surface area contributed by atoms with Gasteiger partial charge in [0.05, 0.1) is 6.61 Å². The molecule has 0 spiro atoms. The van der Waals surface area contributed by atoms with Gasteiger partial charge in [0, 0.05) is 6.20 Å². The second-order valence-electron chi connectivity index (χ2n) is 4.35. The molecule has 11 nitrogen and oxygen atoms in total. The minimum absolute atomic E-state index is 0.0294. The van der Waals surface area contributed by atoms with E-state index in [0.717, 1.165) is 4.57 Å². The first-order valence-corrected chi connectivity index (χ1v) is 5.97. The van der Waals surface area contributed by atoms with Crippen molar-refractivity contribution in [3.8, 4) is 0 Å². The number of hydrazine groups is 1. The highest BCUT2D eigenvalue weighted by Crippen LogP contribution is 2.27. The van der Waals surface area contributed by atoms with Crippen LogP contribution in [0.15, 0.2) is 17.1 Å². The molecule has 2 amide bonds. The van der Waals surface area contributed by atoms with Gasteiger partial charge in [0.2, 0.25) is 0 Å². The number of aliphatic hydroxyl groups excluding tert-OH is 3. The van der Waals surface area contributed by atoms with E-state index in [-0.39, 0.29) is 5.82 Å². The lowest BCUT2D eigenvalue weighted by Crippen LogP contribution is -2.38. The van der Waals surface area contributed by atoms with E-state index in [1.165, 1.54) is 12.3 Å². The number of aliphatic hydroxyl groups is 3. The van der Waals surface area contributed by atoms with E-state index in [2.05, 4.69) is 10.4 Å². The second-order valence-corrected chi connectivity index (χ2v) is 4.35. The standard InChI is InChI=1S/C10H15N5O6/c11-9(19)14-13-5-1-2-15(10(20)12-5)8-7(18)6(17)4(3-16)21-8/h1-2,4,6-8,16-18H,3H2,(H3,11,14,19)(H,12,13,20)/t4-,6-,7-,8-/m1/s1. The van der Waals surface area contributed by atoms with Gasteiger partial charge in [0.1, 0.15) is 18.3 Å². The molecular formula is C10H15N5O6. The summed E-state index contributed by atoms with van der Waals surface area (Å²) in [6.07, 6.45) is -3.62. The van der Waals surface area contributed by atoms with Crippen molar-refractivity contribution in [3.05, 3.63) is 22.7 Å². The van der Waals surface area contributed by atoms with E-state index in [1.54, 1.807) is 0 Å². The van der Waals surface area contributed by atoms with Crippen LogP contribution in [0.4, 0.5) is 10.6 Å². The number of anilines is 1. The van der Waals surface area contributed by atoms with Crippen LogP contribution >= 0.6 is 0 Å². The number of nitrogens with one attached hydrogen (secondary N) is 2. The van der Waals surface area contributed by atoms with E-state index < -0.39 is 42.9 Å². The van der Waals surface area contributed by atoms with Crippen molar-refractivity contribution in [2.75, 3.05) is 12.0 Å². The molecule has 7 N–H and O–H groups in total. The molecule has 0 aromatic carbocycles. The zero-order chi connectivity index (χ0) is 15.6. The fourth-order valence-electron chi connectivity index (χ4n) is 1.91. The van der Waals surface area contributed by atoms with Crippen LogP contribution in [0.25, 0.3) is 0 Å². The first-order valence-electron chi connectivity index (χ1n) is 5.97. The normalized spacial score (nSPS) is 28.3. The molecule has 11 heteroatoms. The molecule has 0 unspecified atom stereocenters. The van der Waals surface area contributed by atoms with Gasteiger partial charge in [-0.3, -0.25) is 15.4 Å². The van der Waals surface area contributed by atoms with E-state index in [9.17, 15) is 19.8 Å². The third kappa shape index (κ3) is 3.11. The molecule has 0 radical (unpaired) electrons. The van der Waals surface area contributed by atoms with Gasteiger partial charge in [-0.25, -0.2) is 9.59 Å². The molecule has 0 saturated carbocycles. The highest BCUT2D eigenvalue weighted by atomic mass is 16.6. The van der Waals surface area contributed by atoms with Gasteiger partial charge in [0.25, 0.3) is 0 Å². The third-order valence-electron chi connectivity index (χ3n) is 2.94. The zero-order valence-electron chi connectivity index (χ0n) is 10.7. The average molecular weight is 301 g/mol. The van der Waals surface area contributed by atoms with Gasteiger partial charge < -0.3 is 25.8 Å². The molecule has 1 aromatic rings. The number of rotatable bonds is 4. The number of primary amides is 1. The molecule has 1 aliphatic heterocycles. The first kappa shape index (κ1) is 15.2. The monoisotopic (exact) mass is 301 g/mol. The number of nitrogens with two attached hydrogens (primary N) is 1. The maximum Gasteiger partial charge on any atom is 0.351 e. The Labute approximate surface area is 117 Å². The number of urea groups is 1. The lowest BCUT2D eigenvalue weighted by atomic mass is 10.1. The molecule has 0 bridgehead atoms. The average Bonchev–Trinajstić information content (AvgIpc) is 2.73. The Balaban J connectivity index is 2.18. The van der Waals surface area contributed by atoms with Gasteiger partial charge in [-0.1, -0.05) is 0 Å². The Hall–Kier alpha value is -2.21. The fraction of sp³-hybridized carbons (Fsp3) is 0.500. The predicted octanol–water partition coefficient (Wildman–Crippen LogP) is -3.15. The second kappa shape index (κ2) is 6.05. The Morgan fingerprint density at radius 3 is 2.71 bits per heavy atom. The molecule has 4 atom stereocenters. The van der Waals surface area contributed by atoms with E-state index >= 15 is 0 Å². The number of carbonyl (C=O) groups excluding carboxylic acids is 1. The van der Waals surface area contributed by atoms with E-state index in [0.29, 0.717) is 0 Å². The number of carbonyl (C=O) groups is 1. The zero-order valence-corrected chi connectivity index (χ0v) is 10.7. The molecule has 1 fully saturated rings. The largest absolute Gasteiger partial charge is 0.394 e. The summed E-state index contributed by atoms with van der Waals surface area (Å²) in [6, 6.07) is 0.468. The van der Waals surface area contributed by atoms with Crippen LogP contribution in [-0.4, -0.2) is 55.8 Å². The summed E-state index contributed by atoms with van der Waals surface area (Å²) < 4.78 is 6.16. The Bertz CT molecular complexity index is 577. The maximum absolute atomic E-state index is 11.9. The third-order valence-corrected chi connectivity index (χ3v) is 2.94. The van der Waals surface area contributed by atoms with Crippen molar-refractivity contribution < 1.29 is 24.9 Å². The summed E-state index contributed by atoms with van der Waals surface area (Å²) in [4.78, 5) is 26.0. The van der Waals surface area contributed by atoms with Crippen LogP contribution in [0.3, 0.4) is 0 Å². The Morgan fingerprint density at radius 1 is 1.48 bits per heavy atom. The van der Waals surface area contributed by atoms with Crippen LogP contribution in [0.2, 0.25) is 0 Å². The van der Waals surface area contributed by atoms with Crippen molar-refractivity contribution >= 4 is 11.8 Å². The van der Waals surface area contributed by atoms with Gasteiger partial charge in [-0.05, 0) is 6.07 Å². The number of hydrogen-bond donors (Lipinski definition) is 6. The van der Waals surface area contributed by atoms with Crippen LogP contribution in [0.5, 0.6) is 0 Å². The SMILES string of the molecule is NC(=O)NNc1ccn([C@@H]2O[C@H](CO)[C@@H](O)[C@H]2O)c(=O)n1. The summed E-state index contributed by atoms with van der Waals surface area (Å²) in [5.41, 5.74) is 8.39. The van der Waals surface area contributed by atoms with E-state index in [4.69, 9.17) is 15.6 Å². The minimum Gasteiger partial charge on any atom is -0.394 e. The molecule has 0 aliphatic carbocycles. The Morgan fingerprint density at radius 2 is 2.19 bits per heavy atom. The molecule has 21 heavy (non-hydrogen) atoms. The van der Waals surface area contributed by atoms with Crippen molar-refractivity contribution in [2.45, 2.75) is 24.5 Å². The summed E-state index contributed by atoms with van der Waals surface area (Å²) in [5.74, 6) is 0.0294. The van der Waals surface area contributed by atoms with E-state index in [1.807, 2.05) is 5.43 Å². The van der Waals surface area contributed by atoms with Crippen molar-refractivity contribution in [3.63, 3.8) is 0 Å². The van der Waals surface area contributed by atoms with Crippen molar-refractivity contribution in [2.24, 2.45) is 5.73 Å². The minimum atomic E-state index is -1.38. The number of amides is 2. The number of aromatic nitrogens is 2. The molecule has 1 aromatic heterocycles. The lowest BCUT2D eigenvalue weighted by Gasteiger charge is -2.17. The van der Waals surface area contributed by atoms with Gasteiger partial charge in [0.15, 0.2) is 12.0 Å². The number of ether oxygens (including phenoxy) is 1. The van der Waals surface area contributed by atoms with Gasteiger partial charge >= 0.3 is 11.7 Å². The van der Waals surface area contributed by atoms with Crippen molar-refractivity contribution in [1.82, 2.24) is 15.0 Å². The Kier molecular flexibility index (Phi) is 4.37. The smallest absolute Gasteiger partial charge is 0.351 e. The molecule has 1 aliphatic rings. The maximum atomic E-state index is 11.9. The summed E-state index contributed by atoms with van der Waals surface area (Å²) in [5, 5.41) is 28.4. The first-order chi connectivity index (χ1) is 9.93. The molecule has 2 rings (SSSR count). The number of hydrogen-bond acceptors (Lipinski definition) is 8. The summed E-state index contributed by atoms with van der Waals surface area (Å²) in [7, 11) is 0. The highest BCUT2D eigenvalue weighted by Gasteiger charge is 2.43. The quantitative estimate of drug-likeness (QED) is 0.316. The van der Waals surface area contributed by atoms with Gasteiger partial charge in [-0.2, -0.15) is 4.98 Å². The topological polar surface area (TPSA) is 172 Å². The molecule has 1 saturated heterocycles. The van der Waals surface area contributed by atoms with Crippen molar-refractivity contribution in [1.29, 1.82) is 0 Å². The van der Waals surface area contributed by atoms with Crippen LogP contribution < -0.4 is 22.3 Å². The summed E-state index contributed by atoms with van der Waals surface area (Å²) >= 11 is 0. The van der Waals surface area contributed by atoms with Crippen LogP contribution in [0.1, 0.15) is 6.23 Å². The number of nitrogens with zero attached hydrogens (tertiary/aromatic N) is 2. The highest BCUT2D eigenvalue weighted by molar-refractivity contribution is 5.72. The molecule has 116 valence electrons. The lowest BCUT2D eigenvalue weighted by molar-refractivity contribution is -0.0549. The van der Waals surface area contributed by atoms with Crippen LogP contribution in [0, 0.1) is 0 Å². The van der Waals surface area contributed by atoms with Gasteiger partial charge in [-0.15, -0.1) is 0 Å². The molecule has 2 heterocycles.